The molecule has 0 aromatic heterocycles. The van der Waals surface area contributed by atoms with Crippen LogP contribution >= 0.6 is 0 Å². The fraction of sp³-hybridized carbons (Fsp3) is 0.435. The van der Waals surface area contributed by atoms with Crippen LogP contribution in [0.25, 0.3) is 0 Å². The van der Waals surface area contributed by atoms with Gasteiger partial charge in [0.05, 0.1) is 24.9 Å². The van der Waals surface area contributed by atoms with Crippen molar-refractivity contribution in [2.45, 2.75) is 39.1 Å². The Hall–Kier alpha value is -2.57. The quantitative estimate of drug-likeness (QED) is 0.421. The van der Waals surface area contributed by atoms with Gasteiger partial charge in [-0.25, -0.2) is 0 Å². The molecule has 2 aromatic rings. The van der Waals surface area contributed by atoms with Crippen molar-refractivity contribution in [2.24, 2.45) is 4.99 Å². The molecule has 0 fully saturated rings. The van der Waals surface area contributed by atoms with Gasteiger partial charge in [0.1, 0.15) is 5.75 Å². The Balaban J connectivity index is 1.99. The topological polar surface area (TPSA) is 75.1 Å². The van der Waals surface area contributed by atoms with Gasteiger partial charge < -0.3 is 25.2 Å². The average molecular weight is 400 g/mol. The summed E-state index contributed by atoms with van der Waals surface area (Å²) in [4.78, 5) is 4.53. The zero-order chi connectivity index (χ0) is 21.1. The molecule has 0 aliphatic heterocycles. The first-order valence-corrected chi connectivity index (χ1v) is 10.1. The number of aliphatic hydroxyl groups is 1. The van der Waals surface area contributed by atoms with E-state index in [-0.39, 0.29) is 18.8 Å². The third-order valence-electron chi connectivity index (χ3n) is 4.29. The molecule has 0 heterocycles. The first kappa shape index (κ1) is 22.7. The summed E-state index contributed by atoms with van der Waals surface area (Å²) >= 11 is 0. The maximum absolute atomic E-state index is 10.6. The molecule has 6 heteroatoms. The van der Waals surface area contributed by atoms with Gasteiger partial charge in [-0.3, -0.25) is 4.99 Å². The van der Waals surface area contributed by atoms with Crippen molar-refractivity contribution >= 4 is 5.96 Å². The van der Waals surface area contributed by atoms with Crippen molar-refractivity contribution in [3.05, 3.63) is 65.7 Å². The van der Waals surface area contributed by atoms with Crippen molar-refractivity contribution in [3.63, 3.8) is 0 Å². The molecule has 2 aromatic carbocycles. The lowest BCUT2D eigenvalue weighted by atomic mass is 10.1. The minimum Gasteiger partial charge on any atom is -0.491 e. The number of hydrogen-bond acceptors (Lipinski definition) is 4. The number of benzene rings is 2. The van der Waals surface area contributed by atoms with Gasteiger partial charge in [-0.05, 0) is 44.0 Å². The number of ether oxygens (including phenoxy) is 2. The molecule has 2 rings (SSSR count). The highest BCUT2D eigenvalue weighted by Crippen LogP contribution is 2.20. The second-order valence-electron chi connectivity index (χ2n) is 6.99. The first-order chi connectivity index (χ1) is 14.0. The van der Waals surface area contributed by atoms with Gasteiger partial charge in [0, 0.05) is 20.2 Å². The number of aliphatic hydroxyl groups excluding tert-OH is 1. The van der Waals surface area contributed by atoms with E-state index in [1.165, 1.54) is 0 Å². The fourth-order valence-corrected chi connectivity index (χ4v) is 2.89. The van der Waals surface area contributed by atoms with Gasteiger partial charge in [-0.2, -0.15) is 0 Å². The number of nitrogens with one attached hydrogen (secondary N) is 2. The number of aliphatic imine (C=N–C) groups is 1. The highest BCUT2D eigenvalue weighted by Gasteiger charge is 2.12. The minimum atomic E-state index is -0.714. The minimum absolute atomic E-state index is 0.0864. The second kappa shape index (κ2) is 12.1. The molecular formula is C23H33N3O3. The third-order valence-corrected chi connectivity index (χ3v) is 4.29. The van der Waals surface area contributed by atoms with Crippen LogP contribution in [0.1, 0.15) is 44.1 Å². The molecule has 2 atom stereocenters. The molecule has 0 aliphatic carbocycles. The SMILES string of the molecule is CCNC(=NCC(O)c1cccc(OC(C)C)c1)NCC(OC)c1ccccc1. The van der Waals surface area contributed by atoms with Crippen molar-refractivity contribution in [2.75, 3.05) is 26.7 Å². The van der Waals surface area contributed by atoms with Gasteiger partial charge in [0.25, 0.3) is 0 Å². The van der Waals surface area contributed by atoms with E-state index in [1.54, 1.807) is 7.11 Å². The van der Waals surface area contributed by atoms with E-state index in [0.717, 1.165) is 23.4 Å². The Morgan fingerprint density at radius 1 is 1.03 bits per heavy atom. The number of rotatable bonds is 10. The van der Waals surface area contributed by atoms with Crippen LogP contribution in [0.4, 0.5) is 0 Å². The van der Waals surface area contributed by atoms with Crippen LogP contribution in [0.15, 0.2) is 59.6 Å². The predicted molar refractivity (Wildman–Crippen MR) is 117 cm³/mol. The number of nitrogens with zero attached hydrogens (tertiary/aromatic N) is 1. The van der Waals surface area contributed by atoms with Gasteiger partial charge >= 0.3 is 0 Å². The van der Waals surface area contributed by atoms with Crippen LogP contribution < -0.4 is 15.4 Å². The van der Waals surface area contributed by atoms with Crippen LogP contribution in [0, 0.1) is 0 Å². The zero-order valence-corrected chi connectivity index (χ0v) is 17.8. The molecule has 158 valence electrons. The first-order valence-electron chi connectivity index (χ1n) is 10.1. The Kier molecular flexibility index (Phi) is 9.47. The standard InChI is InChI=1S/C23H33N3O3/c1-5-24-23(26-16-22(28-4)18-10-7-6-8-11-18)25-15-21(27)19-12-9-13-20(14-19)29-17(2)3/h6-14,17,21-22,27H,5,15-16H2,1-4H3,(H2,24,25,26). The molecule has 0 amide bonds. The van der Waals surface area contributed by atoms with E-state index in [0.29, 0.717) is 12.5 Å². The summed E-state index contributed by atoms with van der Waals surface area (Å²) in [6.45, 7) is 7.49. The van der Waals surface area contributed by atoms with Crippen molar-refractivity contribution in [3.8, 4) is 5.75 Å². The molecular weight excluding hydrogens is 366 g/mol. The van der Waals surface area contributed by atoms with Crippen molar-refractivity contribution in [1.29, 1.82) is 0 Å². The van der Waals surface area contributed by atoms with E-state index in [4.69, 9.17) is 9.47 Å². The summed E-state index contributed by atoms with van der Waals surface area (Å²) in [6, 6.07) is 17.6. The summed E-state index contributed by atoms with van der Waals surface area (Å²) in [5, 5.41) is 17.1. The predicted octanol–water partition coefficient (Wildman–Crippen LogP) is 3.45. The van der Waals surface area contributed by atoms with E-state index in [9.17, 15) is 5.11 Å². The molecule has 0 radical (unpaired) electrons. The Bertz CT molecular complexity index is 750. The largest absolute Gasteiger partial charge is 0.491 e. The summed E-state index contributed by atoms with van der Waals surface area (Å²) in [6.07, 6.45) is -0.716. The highest BCUT2D eigenvalue weighted by atomic mass is 16.5. The highest BCUT2D eigenvalue weighted by molar-refractivity contribution is 5.79. The Morgan fingerprint density at radius 2 is 1.76 bits per heavy atom. The Labute approximate surface area is 174 Å². The molecule has 0 saturated heterocycles. The van der Waals surface area contributed by atoms with Gasteiger partial charge in [0.2, 0.25) is 0 Å². The molecule has 29 heavy (non-hydrogen) atoms. The second-order valence-corrected chi connectivity index (χ2v) is 6.99. The van der Waals surface area contributed by atoms with Gasteiger partial charge in [-0.15, -0.1) is 0 Å². The van der Waals surface area contributed by atoms with Gasteiger partial charge in [0.15, 0.2) is 5.96 Å². The van der Waals surface area contributed by atoms with Crippen LogP contribution in [0.2, 0.25) is 0 Å². The maximum atomic E-state index is 10.6. The summed E-state index contributed by atoms with van der Waals surface area (Å²) < 4.78 is 11.3. The van der Waals surface area contributed by atoms with Gasteiger partial charge in [-0.1, -0.05) is 42.5 Å². The summed E-state index contributed by atoms with van der Waals surface area (Å²) in [5.41, 5.74) is 1.88. The molecule has 2 unspecified atom stereocenters. The number of hydrogen-bond donors (Lipinski definition) is 3. The smallest absolute Gasteiger partial charge is 0.191 e. The lowest BCUT2D eigenvalue weighted by Crippen LogP contribution is -2.40. The summed E-state index contributed by atoms with van der Waals surface area (Å²) in [5.74, 6) is 1.38. The zero-order valence-electron chi connectivity index (χ0n) is 17.8. The molecule has 0 spiro atoms. The van der Waals surface area contributed by atoms with Crippen LogP contribution in [0.5, 0.6) is 5.75 Å². The monoisotopic (exact) mass is 399 g/mol. The van der Waals surface area contributed by atoms with E-state index >= 15 is 0 Å². The Morgan fingerprint density at radius 3 is 2.41 bits per heavy atom. The van der Waals surface area contributed by atoms with E-state index < -0.39 is 6.10 Å². The van der Waals surface area contributed by atoms with Crippen molar-refractivity contribution < 1.29 is 14.6 Å². The normalized spacial score (nSPS) is 13.8. The molecule has 6 nitrogen and oxygen atoms in total. The molecule has 0 bridgehead atoms. The van der Waals surface area contributed by atoms with Crippen LogP contribution in [0.3, 0.4) is 0 Å². The van der Waals surface area contributed by atoms with E-state index in [1.807, 2.05) is 75.4 Å². The van der Waals surface area contributed by atoms with Crippen LogP contribution in [-0.2, 0) is 4.74 Å². The fourth-order valence-electron chi connectivity index (χ4n) is 2.89. The number of methoxy groups -OCH3 is 1. The van der Waals surface area contributed by atoms with E-state index in [2.05, 4.69) is 15.6 Å². The maximum Gasteiger partial charge on any atom is 0.191 e. The molecule has 3 N–H and O–H groups in total. The number of guanidine groups is 1. The summed E-state index contributed by atoms with van der Waals surface area (Å²) in [7, 11) is 1.69. The molecule has 0 saturated carbocycles. The lowest BCUT2D eigenvalue weighted by Gasteiger charge is -2.19. The van der Waals surface area contributed by atoms with Crippen molar-refractivity contribution in [1.82, 2.24) is 10.6 Å². The average Bonchev–Trinajstić information content (AvgIpc) is 2.72. The lowest BCUT2D eigenvalue weighted by molar-refractivity contribution is 0.106. The van der Waals surface area contributed by atoms with Crippen LogP contribution in [-0.4, -0.2) is 43.9 Å². The third kappa shape index (κ3) is 7.75. The molecule has 0 aliphatic rings.